The van der Waals surface area contributed by atoms with Gasteiger partial charge in [0.15, 0.2) is 0 Å². The molecule has 0 rings (SSSR count). The Morgan fingerprint density at radius 2 is 0.778 bits per heavy atom. The minimum atomic E-state index is -0.833. The van der Waals surface area contributed by atoms with E-state index < -0.39 is 11.9 Å². The van der Waals surface area contributed by atoms with Crippen LogP contribution < -0.4 is 5.32 Å². The summed E-state index contributed by atoms with van der Waals surface area (Å²) in [6, 6.07) is 0. The van der Waals surface area contributed by atoms with Crippen LogP contribution in [0.15, 0.2) is 0 Å². The fourth-order valence-electron chi connectivity index (χ4n) is 2.54. The largest absolute Gasteiger partial charge is 0.481 e. The van der Waals surface area contributed by atoms with Crippen molar-refractivity contribution >= 4 is 11.9 Å². The van der Waals surface area contributed by atoms with Crippen molar-refractivity contribution in [3.63, 3.8) is 0 Å². The molecule has 0 atom stereocenters. The third-order valence-corrected chi connectivity index (χ3v) is 3.91. The van der Waals surface area contributed by atoms with Crippen LogP contribution in [0.5, 0.6) is 0 Å². The molecule has 0 radical (unpaired) electrons. The maximum absolute atomic E-state index is 9.00. The van der Waals surface area contributed by atoms with Crippen molar-refractivity contribution in [2.75, 3.05) is 13.1 Å². The van der Waals surface area contributed by atoms with Gasteiger partial charge in [0.1, 0.15) is 0 Å². The second-order valence-electron chi connectivity index (χ2n) is 7.03. The van der Waals surface area contributed by atoms with Gasteiger partial charge in [0.05, 0.1) is 0 Å². The van der Waals surface area contributed by atoms with E-state index in [0.29, 0.717) is 0 Å². The van der Waals surface area contributed by atoms with Gasteiger partial charge in [-0.3, -0.25) is 9.59 Å². The van der Waals surface area contributed by atoms with Gasteiger partial charge in [0.2, 0.25) is 0 Å². The molecule has 0 aliphatic carbocycles. The Morgan fingerprint density at radius 1 is 0.556 bits per heavy atom. The molecule has 3 N–H and O–H groups in total. The maximum atomic E-state index is 9.00. The minimum absolute atomic E-state index is 0.833. The van der Waals surface area contributed by atoms with E-state index in [1.165, 1.54) is 103 Å². The monoisotopic (exact) mass is 389 g/mol. The van der Waals surface area contributed by atoms with Gasteiger partial charge in [-0.1, -0.05) is 90.9 Å². The summed E-state index contributed by atoms with van der Waals surface area (Å²) in [6.45, 7) is 9.22. The smallest absolute Gasteiger partial charge is 0.300 e. The normalized spacial score (nSPS) is 9.63. The molecule has 0 aliphatic rings. The highest BCUT2D eigenvalue weighted by Crippen LogP contribution is 2.08. The molecule has 5 heteroatoms. The Labute approximate surface area is 168 Å². The number of rotatable bonds is 16. The zero-order valence-corrected chi connectivity index (χ0v) is 18.5. The van der Waals surface area contributed by atoms with Crippen molar-refractivity contribution in [3.05, 3.63) is 0 Å². The molecule has 0 aromatic rings. The molecule has 0 amide bonds. The van der Waals surface area contributed by atoms with E-state index in [1.807, 2.05) is 0 Å². The topological polar surface area (TPSA) is 86.6 Å². The predicted molar refractivity (Wildman–Crippen MR) is 115 cm³/mol. The van der Waals surface area contributed by atoms with Crippen molar-refractivity contribution < 1.29 is 19.8 Å². The van der Waals surface area contributed by atoms with Crippen LogP contribution in [0.2, 0.25) is 0 Å². The lowest BCUT2D eigenvalue weighted by molar-refractivity contribution is -0.135. The number of aliphatic carboxylic acids is 2. The average molecular weight is 390 g/mol. The van der Waals surface area contributed by atoms with Gasteiger partial charge in [-0.2, -0.15) is 0 Å². The summed E-state index contributed by atoms with van der Waals surface area (Å²) in [5, 5.41) is 18.4. The maximum Gasteiger partial charge on any atom is 0.300 e. The Morgan fingerprint density at radius 3 is 1.04 bits per heavy atom. The predicted octanol–water partition coefficient (Wildman–Crippen LogP) is 6.26. The third kappa shape index (κ3) is 58.8. The van der Waals surface area contributed by atoms with Crippen LogP contribution in [0.4, 0.5) is 0 Å². The van der Waals surface area contributed by atoms with Gasteiger partial charge in [-0.05, 0) is 25.9 Å². The molecular formula is C22H47NO4. The fourth-order valence-corrected chi connectivity index (χ4v) is 2.54. The molecule has 0 aromatic heterocycles. The van der Waals surface area contributed by atoms with Crippen LogP contribution in [0.3, 0.4) is 0 Å². The van der Waals surface area contributed by atoms with Crippen LogP contribution >= 0.6 is 0 Å². The van der Waals surface area contributed by atoms with Crippen molar-refractivity contribution in [2.45, 2.75) is 118 Å². The average Bonchev–Trinajstić information content (AvgIpc) is 2.57. The van der Waals surface area contributed by atoms with Crippen LogP contribution in [0.25, 0.3) is 0 Å². The fraction of sp³-hybridized carbons (Fsp3) is 0.909. The molecule has 27 heavy (non-hydrogen) atoms. The number of hydrogen-bond acceptors (Lipinski definition) is 3. The van der Waals surface area contributed by atoms with Gasteiger partial charge in [-0.25, -0.2) is 0 Å². The molecule has 0 unspecified atom stereocenters. The molecule has 0 aromatic carbocycles. The highest BCUT2D eigenvalue weighted by molar-refractivity contribution is 5.63. The number of carbonyl (C=O) groups is 2. The number of unbranched alkanes of at least 4 members (excludes halogenated alkanes) is 12. The Balaban J connectivity index is -0.000000603. The van der Waals surface area contributed by atoms with E-state index in [4.69, 9.17) is 19.8 Å². The highest BCUT2D eigenvalue weighted by atomic mass is 16.4. The highest BCUT2D eigenvalue weighted by Gasteiger charge is 1.93. The third-order valence-electron chi connectivity index (χ3n) is 3.91. The number of carboxylic acids is 2. The first-order chi connectivity index (χ1) is 12.9. The van der Waals surface area contributed by atoms with Gasteiger partial charge in [0.25, 0.3) is 11.9 Å². The van der Waals surface area contributed by atoms with E-state index in [-0.39, 0.29) is 0 Å². The van der Waals surface area contributed by atoms with Gasteiger partial charge in [0, 0.05) is 13.8 Å². The van der Waals surface area contributed by atoms with E-state index >= 15 is 0 Å². The lowest BCUT2D eigenvalue weighted by atomic mass is 10.1. The van der Waals surface area contributed by atoms with Crippen molar-refractivity contribution in [1.29, 1.82) is 0 Å². The first-order valence-electron chi connectivity index (χ1n) is 11.0. The number of nitrogens with one attached hydrogen (secondary N) is 1. The van der Waals surface area contributed by atoms with E-state index in [9.17, 15) is 0 Å². The van der Waals surface area contributed by atoms with E-state index in [2.05, 4.69) is 19.2 Å². The Hall–Kier alpha value is -1.10. The van der Waals surface area contributed by atoms with Gasteiger partial charge >= 0.3 is 0 Å². The second kappa shape index (κ2) is 29.7. The molecule has 0 heterocycles. The van der Waals surface area contributed by atoms with E-state index in [1.54, 1.807) is 0 Å². The van der Waals surface area contributed by atoms with Crippen LogP contribution in [-0.2, 0) is 9.59 Å². The van der Waals surface area contributed by atoms with Crippen LogP contribution in [0.1, 0.15) is 118 Å². The van der Waals surface area contributed by atoms with Crippen molar-refractivity contribution in [1.82, 2.24) is 5.32 Å². The second-order valence-corrected chi connectivity index (χ2v) is 7.03. The summed E-state index contributed by atoms with van der Waals surface area (Å²) in [5.41, 5.74) is 0. The van der Waals surface area contributed by atoms with Crippen molar-refractivity contribution in [3.8, 4) is 0 Å². The lowest BCUT2D eigenvalue weighted by Gasteiger charge is -2.05. The van der Waals surface area contributed by atoms with Crippen LogP contribution in [0, 0.1) is 0 Å². The zero-order valence-electron chi connectivity index (χ0n) is 18.5. The molecule has 0 fully saturated rings. The summed E-state index contributed by atoms with van der Waals surface area (Å²) >= 11 is 0. The van der Waals surface area contributed by atoms with Crippen LogP contribution in [-0.4, -0.2) is 35.2 Å². The minimum Gasteiger partial charge on any atom is -0.481 e. The number of hydrogen-bond donors (Lipinski definition) is 3. The number of carboxylic acid groups (broad SMARTS) is 2. The molecule has 5 nitrogen and oxygen atoms in total. The van der Waals surface area contributed by atoms with Gasteiger partial charge < -0.3 is 15.5 Å². The van der Waals surface area contributed by atoms with Crippen molar-refractivity contribution in [2.24, 2.45) is 0 Å². The SMILES string of the molecule is CC(=O)O.CC(=O)O.CCCCCCCCCCNCCCCCCCC. The molecule has 164 valence electrons. The lowest BCUT2D eigenvalue weighted by Crippen LogP contribution is -2.16. The molecule has 0 bridgehead atoms. The first kappa shape index (κ1) is 30.6. The summed E-state index contributed by atoms with van der Waals surface area (Å²) in [4.78, 5) is 18.0. The molecule has 0 saturated carbocycles. The summed E-state index contributed by atoms with van der Waals surface area (Å²) < 4.78 is 0. The molecule has 0 aliphatic heterocycles. The van der Waals surface area contributed by atoms with E-state index in [0.717, 1.165) is 13.8 Å². The summed E-state index contributed by atoms with van der Waals surface area (Å²) in [6.07, 6.45) is 19.9. The molecule has 0 saturated heterocycles. The standard InChI is InChI=1S/C18H39N.2C2H4O2/c1-3-5-7-9-11-12-14-16-18-19-17-15-13-10-8-6-4-2;2*1-2(3)4/h19H,3-18H2,1-2H3;2*1H3,(H,3,4). The Bertz CT molecular complexity index is 260. The molecule has 0 spiro atoms. The zero-order chi connectivity index (χ0) is 21.2. The molecular weight excluding hydrogens is 342 g/mol. The first-order valence-corrected chi connectivity index (χ1v) is 11.0. The quantitative estimate of drug-likeness (QED) is 0.271. The Kier molecular flexibility index (Phi) is 33.6. The summed E-state index contributed by atoms with van der Waals surface area (Å²) in [5.74, 6) is -1.67. The van der Waals surface area contributed by atoms with Gasteiger partial charge in [-0.15, -0.1) is 0 Å². The summed E-state index contributed by atoms with van der Waals surface area (Å²) in [7, 11) is 0.